The van der Waals surface area contributed by atoms with Gasteiger partial charge in [0.25, 0.3) is 5.91 Å². The van der Waals surface area contributed by atoms with Gasteiger partial charge in [-0.15, -0.1) is 0 Å². The zero-order valence-electron chi connectivity index (χ0n) is 17.1. The second-order valence-electron chi connectivity index (χ2n) is 7.11. The van der Waals surface area contributed by atoms with Gasteiger partial charge in [-0.2, -0.15) is 0 Å². The van der Waals surface area contributed by atoms with Crippen molar-refractivity contribution in [3.05, 3.63) is 66.0 Å². The van der Waals surface area contributed by atoms with Crippen molar-refractivity contribution < 1.29 is 23.6 Å². The first-order chi connectivity index (χ1) is 14.5. The Morgan fingerprint density at radius 1 is 1.13 bits per heavy atom. The van der Waals surface area contributed by atoms with Crippen molar-refractivity contribution in [2.24, 2.45) is 0 Å². The van der Waals surface area contributed by atoms with Gasteiger partial charge in [-0.05, 0) is 43.3 Å². The minimum atomic E-state index is -0.338. The lowest BCUT2D eigenvalue weighted by atomic mass is 10.2. The number of benzene rings is 2. The van der Waals surface area contributed by atoms with E-state index in [1.807, 2.05) is 31.2 Å². The standard InChI is InChI=1S/C23H26FN3O3/c1-2-30-21-6-4-3-5-18(21)7-12-23(29)27-15-13-26(14-16-27)17-22(28)25-20-10-8-19(24)9-11-20/h3-12H,2,13-17H2,1H3,(H,25,28)/p+1/b12-7+. The molecule has 3 rings (SSSR count). The van der Waals surface area contributed by atoms with E-state index in [0.717, 1.165) is 16.2 Å². The molecule has 6 nitrogen and oxygen atoms in total. The molecule has 0 unspecified atom stereocenters. The third kappa shape index (κ3) is 6.15. The Bertz CT molecular complexity index is 891. The average Bonchev–Trinajstić information content (AvgIpc) is 2.75. The summed E-state index contributed by atoms with van der Waals surface area (Å²) in [5.41, 5.74) is 1.45. The molecule has 2 aromatic carbocycles. The molecule has 0 spiro atoms. The van der Waals surface area contributed by atoms with Crippen molar-refractivity contribution in [1.29, 1.82) is 0 Å². The van der Waals surface area contributed by atoms with E-state index < -0.39 is 0 Å². The zero-order valence-corrected chi connectivity index (χ0v) is 17.1. The average molecular weight is 412 g/mol. The van der Waals surface area contributed by atoms with Crippen LogP contribution in [-0.4, -0.2) is 56.0 Å². The molecular formula is C23H27FN3O3+. The van der Waals surface area contributed by atoms with Crippen LogP contribution in [0.15, 0.2) is 54.6 Å². The van der Waals surface area contributed by atoms with Gasteiger partial charge in [0.2, 0.25) is 5.91 Å². The predicted molar refractivity (Wildman–Crippen MR) is 114 cm³/mol. The van der Waals surface area contributed by atoms with Crippen molar-refractivity contribution in [3.63, 3.8) is 0 Å². The molecule has 0 aliphatic carbocycles. The third-order valence-electron chi connectivity index (χ3n) is 4.95. The minimum absolute atomic E-state index is 0.0453. The molecule has 2 amide bonds. The van der Waals surface area contributed by atoms with Gasteiger partial charge in [-0.1, -0.05) is 18.2 Å². The summed E-state index contributed by atoms with van der Waals surface area (Å²) in [5.74, 6) is 0.250. The summed E-state index contributed by atoms with van der Waals surface area (Å²) < 4.78 is 18.5. The smallest absolute Gasteiger partial charge is 0.279 e. The SMILES string of the molecule is CCOc1ccccc1/C=C/C(=O)N1CC[NH+](CC(=O)Nc2ccc(F)cc2)CC1. The lowest BCUT2D eigenvalue weighted by molar-refractivity contribution is -0.895. The van der Waals surface area contributed by atoms with Gasteiger partial charge in [0.15, 0.2) is 6.54 Å². The molecule has 1 heterocycles. The number of hydrogen-bond donors (Lipinski definition) is 2. The molecule has 0 bridgehead atoms. The van der Waals surface area contributed by atoms with Crippen molar-refractivity contribution >= 4 is 23.6 Å². The Kier molecular flexibility index (Phi) is 7.57. The number of rotatable bonds is 7. The van der Waals surface area contributed by atoms with Crippen molar-refractivity contribution in [3.8, 4) is 5.75 Å². The summed E-state index contributed by atoms with van der Waals surface area (Å²) in [6, 6.07) is 13.3. The Labute approximate surface area is 175 Å². The summed E-state index contributed by atoms with van der Waals surface area (Å²) in [6.45, 7) is 5.39. The summed E-state index contributed by atoms with van der Waals surface area (Å²) >= 11 is 0. The molecule has 158 valence electrons. The molecule has 1 aliphatic heterocycles. The van der Waals surface area contributed by atoms with Gasteiger partial charge in [0.05, 0.1) is 32.8 Å². The van der Waals surface area contributed by atoms with Gasteiger partial charge in [0.1, 0.15) is 11.6 Å². The second-order valence-corrected chi connectivity index (χ2v) is 7.11. The summed E-state index contributed by atoms with van der Waals surface area (Å²) in [5, 5.41) is 2.77. The monoisotopic (exact) mass is 412 g/mol. The molecule has 2 N–H and O–H groups in total. The van der Waals surface area contributed by atoms with Crippen LogP contribution < -0.4 is 15.0 Å². The van der Waals surface area contributed by atoms with Crippen LogP contribution in [0.2, 0.25) is 0 Å². The van der Waals surface area contributed by atoms with Crippen LogP contribution in [0.25, 0.3) is 6.08 Å². The highest BCUT2D eigenvalue weighted by Gasteiger charge is 2.24. The molecule has 30 heavy (non-hydrogen) atoms. The van der Waals surface area contributed by atoms with Crippen LogP contribution in [0.3, 0.4) is 0 Å². The van der Waals surface area contributed by atoms with Crippen LogP contribution in [0, 0.1) is 5.82 Å². The Balaban J connectivity index is 1.46. The number of anilines is 1. The third-order valence-corrected chi connectivity index (χ3v) is 4.95. The predicted octanol–water partition coefficient (Wildman–Crippen LogP) is 1.60. The van der Waals surface area contributed by atoms with E-state index in [0.29, 0.717) is 45.0 Å². The number of nitrogens with zero attached hydrogens (tertiary/aromatic N) is 1. The minimum Gasteiger partial charge on any atom is -0.493 e. The molecular weight excluding hydrogens is 385 g/mol. The lowest BCUT2D eigenvalue weighted by Crippen LogP contribution is -3.15. The number of ether oxygens (including phenoxy) is 1. The van der Waals surface area contributed by atoms with E-state index in [1.165, 1.54) is 24.3 Å². The lowest BCUT2D eigenvalue weighted by Gasteiger charge is -2.31. The number of para-hydroxylation sites is 1. The van der Waals surface area contributed by atoms with E-state index in [4.69, 9.17) is 4.74 Å². The fourth-order valence-electron chi connectivity index (χ4n) is 3.36. The van der Waals surface area contributed by atoms with E-state index in [1.54, 1.807) is 17.1 Å². The highest BCUT2D eigenvalue weighted by Crippen LogP contribution is 2.19. The maximum absolute atomic E-state index is 12.9. The Hall–Kier alpha value is -3.19. The maximum atomic E-state index is 12.9. The van der Waals surface area contributed by atoms with E-state index in [9.17, 15) is 14.0 Å². The quantitative estimate of drug-likeness (QED) is 0.679. The Morgan fingerprint density at radius 3 is 2.53 bits per heavy atom. The van der Waals surface area contributed by atoms with Gasteiger partial charge in [-0.25, -0.2) is 4.39 Å². The van der Waals surface area contributed by atoms with Crippen LogP contribution in [0.4, 0.5) is 10.1 Å². The van der Waals surface area contributed by atoms with Crippen molar-refractivity contribution in [2.75, 3.05) is 44.6 Å². The number of carbonyl (C=O) groups excluding carboxylic acids is 2. The van der Waals surface area contributed by atoms with E-state index >= 15 is 0 Å². The highest BCUT2D eigenvalue weighted by molar-refractivity contribution is 5.92. The first-order valence-corrected chi connectivity index (χ1v) is 10.1. The molecule has 1 fully saturated rings. The van der Waals surface area contributed by atoms with Gasteiger partial charge in [-0.3, -0.25) is 9.59 Å². The molecule has 2 aromatic rings. The Morgan fingerprint density at radius 2 is 1.83 bits per heavy atom. The highest BCUT2D eigenvalue weighted by atomic mass is 19.1. The number of quaternary nitrogens is 1. The number of hydrogen-bond acceptors (Lipinski definition) is 3. The summed E-state index contributed by atoms with van der Waals surface area (Å²) in [6.07, 6.45) is 3.35. The normalized spacial score (nSPS) is 14.7. The molecule has 0 aromatic heterocycles. The number of amides is 2. The number of nitrogens with one attached hydrogen (secondary N) is 2. The summed E-state index contributed by atoms with van der Waals surface area (Å²) in [7, 11) is 0. The van der Waals surface area contributed by atoms with Gasteiger partial charge in [0, 0.05) is 17.3 Å². The van der Waals surface area contributed by atoms with E-state index in [-0.39, 0.29) is 17.6 Å². The first kappa shape index (κ1) is 21.5. The zero-order chi connectivity index (χ0) is 21.3. The van der Waals surface area contributed by atoms with E-state index in [2.05, 4.69) is 5.32 Å². The van der Waals surface area contributed by atoms with Crippen molar-refractivity contribution in [1.82, 2.24) is 4.90 Å². The molecule has 1 aliphatic rings. The molecule has 0 atom stereocenters. The second kappa shape index (κ2) is 10.5. The topological polar surface area (TPSA) is 63.1 Å². The number of halogens is 1. The summed E-state index contributed by atoms with van der Waals surface area (Å²) in [4.78, 5) is 27.6. The molecule has 7 heteroatoms. The molecule has 1 saturated heterocycles. The van der Waals surface area contributed by atoms with Crippen molar-refractivity contribution in [2.45, 2.75) is 6.92 Å². The molecule has 0 radical (unpaired) electrons. The fraction of sp³-hybridized carbons (Fsp3) is 0.304. The maximum Gasteiger partial charge on any atom is 0.279 e. The van der Waals surface area contributed by atoms with Crippen LogP contribution in [0.5, 0.6) is 5.75 Å². The first-order valence-electron chi connectivity index (χ1n) is 10.1. The molecule has 0 saturated carbocycles. The largest absolute Gasteiger partial charge is 0.493 e. The van der Waals surface area contributed by atoms with Gasteiger partial charge >= 0.3 is 0 Å². The number of carbonyl (C=O) groups is 2. The van der Waals surface area contributed by atoms with Crippen LogP contribution in [-0.2, 0) is 9.59 Å². The van der Waals surface area contributed by atoms with Gasteiger partial charge < -0.3 is 19.9 Å². The fourth-order valence-corrected chi connectivity index (χ4v) is 3.36. The van der Waals surface area contributed by atoms with Crippen LogP contribution in [0.1, 0.15) is 12.5 Å². The number of piperazine rings is 1. The van der Waals surface area contributed by atoms with Crippen LogP contribution >= 0.6 is 0 Å².